The van der Waals surface area contributed by atoms with Gasteiger partial charge >= 0.3 is 6.18 Å². The lowest BCUT2D eigenvalue weighted by atomic mass is 9.90. The Hall–Kier alpha value is -4.08. The lowest BCUT2D eigenvalue weighted by Gasteiger charge is -2.38. The highest BCUT2D eigenvalue weighted by atomic mass is 19.4. The van der Waals surface area contributed by atoms with E-state index < -0.39 is 17.4 Å². The summed E-state index contributed by atoms with van der Waals surface area (Å²) in [6, 6.07) is 3.75. The van der Waals surface area contributed by atoms with Crippen LogP contribution in [-0.2, 0) is 24.3 Å². The third-order valence-electron chi connectivity index (χ3n) is 6.72. The second-order valence-electron chi connectivity index (χ2n) is 10.5. The molecule has 4 aromatic rings. The quantitative estimate of drug-likeness (QED) is 0.360. The number of fused-ring (bicyclic) bond motifs is 1. The van der Waals surface area contributed by atoms with Gasteiger partial charge in [0.1, 0.15) is 12.4 Å². The second kappa shape index (κ2) is 8.75. The van der Waals surface area contributed by atoms with Gasteiger partial charge in [-0.05, 0) is 12.1 Å². The average Bonchev–Trinajstić information content (AvgIpc) is 3.49. The molecule has 0 spiro atoms. The fourth-order valence-electron chi connectivity index (χ4n) is 4.68. The second-order valence-corrected chi connectivity index (χ2v) is 10.5. The maximum atomic E-state index is 15.8. The van der Waals surface area contributed by atoms with Crippen LogP contribution in [0.3, 0.4) is 0 Å². The first-order valence-corrected chi connectivity index (χ1v) is 12.0. The van der Waals surface area contributed by atoms with Crippen molar-refractivity contribution in [2.75, 3.05) is 18.0 Å². The largest absolute Gasteiger partial charge is 0.416 e. The summed E-state index contributed by atoms with van der Waals surface area (Å²) in [5, 5.41) is 22.0. The summed E-state index contributed by atoms with van der Waals surface area (Å²) in [5.74, 6) is 1.03. The fourth-order valence-corrected chi connectivity index (χ4v) is 4.68. The van der Waals surface area contributed by atoms with Gasteiger partial charge in [-0.3, -0.25) is 0 Å². The van der Waals surface area contributed by atoms with Gasteiger partial charge in [-0.25, -0.2) is 13.9 Å². The number of alkyl halides is 4. The van der Waals surface area contributed by atoms with Gasteiger partial charge < -0.3 is 9.47 Å². The van der Waals surface area contributed by atoms with E-state index in [0.29, 0.717) is 17.2 Å². The van der Waals surface area contributed by atoms with E-state index in [-0.39, 0.29) is 54.0 Å². The van der Waals surface area contributed by atoms with Crippen molar-refractivity contribution in [3.63, 3.8) is 0 Å². The van der Waals surface area contributed by atoms with Crippen molar-refractivity contribution in [2.24, 2.45) is 7.05 Å². The number of aryl methyl sites for hydroxylation is 1. The number of halogens is 4. The van der Waals surface area contributed by atoms with Crippen molar-refractivity contribution in [1.29, 1.82) is 5.26 Å². The van der Waals surface area contributed by atoms with Crippen LogP contribution in [0.25, 0.3) is 16.9 Å². The van der Waals surface area contributed by atoms with Crippen LogP contribution >= 0.6 is 0 Å². The number of nitrogens with zero attached hydrogens (tertiary/aromatic N) is 9. The molecule has 0 N–H and O–H groups in total. The molecule has 0 radical (unpaired) electrons. The minimum atomic E-state index is -4.68. The zero-order valence-electron chi connectivity index (χ0n) is 21.3. The summed E-state index contributed by atoms with van der Waals surface area (Å²) in [6.45, 7) is 6.13. The fraction of sp³-hybridized carbons (Fsp3) is 0.440. The molecule has 1 aliphatic heterocycles. The van der Waals surface area contributed by atoms with E-state index in [4.69, 9.17) is 0 Å². The minimum Gasteiger partial charge on any atom is -0.370 e. The summed E-state index contributed by atoms with van der Waals surface area (Å²) < 4.78 is 60.2. The van der Waals surface area contributed by atoms with E-state index in [1.54, 1.807) is 18.1 Å². The lowest BCUT2D eigenvalue weighted by Crippen LogP contribution is -2.42. The van der Waals surface area contributed by atoms with Crippen LogP contribution in [0.4, 0.5) is 23.2 Å². The lowest BCUT2D eigenvalue weighted by molar-refractivity contribution is -0.137. The Labute approximate surface area is 215 Å². The van der Waals surface area contributed by atoms with Gasteiger partial charge in [0.05, 0.1) is 16.8 Å². The molecule has 198 valence electrons. The van der Waals surface area contributed by atoms with Gasteiger partial charge in [-0.2, -0.15) is 23.4 Å². The Bertz CT molecular complexity index is 1550. The zero-order valence-corrected chi connectivity index (χ0v) is 21.3. The summed E-state index contributed by atoms with van der Waals surface area (Å²) in [4.78, 5) is 10.5. The van der Waals surface area contributed by atoms with Crippen molar-refractivity contribution >= 4 is 11.5 Å². The van der Waals surface area contributed by atoms with Crippen molar-refractivity contribution in [3.05, 3.63) is 53.6 Å². The molecule has 1 aliphatic rings. The molecular formula is C25H25F4N9. The van der Waals surface area contributed by atoms with Crippen LogP contribution in [0.5, 0.6) is 0 Å². The molecule has 0 amide bonds. The molecule has 1 fully saturated rings. The Morgan fingerprint density at radius 3 is 2.39 bits per heavy atom. The van der Waals surface area contributed by atoms with Gasteiger partial charge in [0, 0.05) is 61.9 Å². The van der Waals surface area contributed by atoms with Crippen LogP contribution in [-0.4, -0.2) is 47.4 Å². The monoisotopic (exact) mass is 527 g/mol. The number of nitriles is 1. The summed E-state index contributed by atoms with van der Waals surface area (Å²) >= 11 is 0. The molecule has 13 heteroatoms. The molecule has 0 atom stereocenters. The Morgan fingerprint density at radius 1 is 1.11 bits per heavy atom. The van der Waals surface area contributed by atoms with E-state index in [1.807, 2.05) is 26.8 Å². The number of benzene rings is 1. The highest BCUT2D eigenvalue weighted by molar-refractivity contribution is 5.83. The maximum absolute atomic E-state index is 15.8. The Morgan fingerprint density at radius 2 is 1.82 bits per heavy atom. The first kappa shape index (κ1) is 25.6. The van der Waals surface area contributed by atoms with Crippen molar-refractivity contribution < 1.29 is 17.6 Å². The predicted octanol–water partition coefficient (Wildman–Crippen LogP) is 4.57. The first-order valence-electron chi connectivity index (χ1n) is 12.0. The summed E-state index contributed by atoms with van der Waals surface area (Å²) in [6.07, 6.45) is -0.235. The van der Waals surface area contributed by atoms with Crippen molar-refractivity contribution in [2.45, 2.75) is 50.9 Å². The normalized spacial score (nSPS) is 16.1. The third-order valence-corrected chi connectivity index (χ3v) is 6.72. The smallest absolute Gasteiger partial charge is 0.370 e. The zero-order chi connectivity index (χ0) is 27.5. The number of hydrogen-bond donors (Lipinski definition) is 0. The minimum absolute atomic E-state index is 0.0279. The summed E-state index contributed by atoms with van der Waals surface area (Å²) in [7, 11) is 1.66. The van der Waals surface area contributed by atoms with Crippen LogP contribution in [0.1, 0.15) is 56.4 Å². The van der Waals surface area contributed by atoms with Gasteiger partial charge in [0.15, 0.2) is 17.3 Å². The number of anilines is 1. The molecule has 1 saturated heterocycles. The van der Waals surface area contributed by atoms with Crippen LogP contribution < -0.4 is 4.90 Å². The van der Waals surface area contributed by atoms with Crippen molar-refractivity contribution in [3.8, 4) is 17.2 Å². The molecule has 9 nitrogen and oxygen atoms in total. The Kier molecular flexibility index (Phi) is 5.89. The molecule has 3 aromatic heterocycles. The number of rotatable bonds is 3. The standard InChI is InChI=1S/C25H25F4N9/c1-23(2,3)20-33-22-31-12-16(13-38(22)35-20)18-10-17(25(27,28)29)9-15(11-30)19(18)37-7-5-24(26,6-8-37)21-34-32-14-36(21)4/h9-10,12-14H,5-8H2,1-4H3. The van der Waals surface area contributed by atoms with Crippen LogP contribution in [0, 0.1) is 11.3 Å². The molecule has 0 aliphatic carbocycles. The van der Waals surface area contributed by atoms with E-state index >= 15 is 4.39 Å². The SMILES string of the molecule is Cn1cnnc1C1(F)CCN(c2c(C#N)cc(C(F)(F)F)cc2-c2cnc3nc(C(C)(C)C)nn3c2)CC1. The maximum Gasteiger partial charge on any atom is 0.416 e. The van der Waals surface area contributed by atoms with Gasteiger partial charge in [-0.1, -0.05) is 20.8 Å². The number of piperidine rings is 1. The van der Waals surface area contributed by atoms with E-state index in [9.17, 15) is 18.4 Å². The average molecular weight is 528 g/mol. The van der Waals surface area contributed by atoms with E-state index in [1.165, 1.54) is 21.6 Å². The van der Waals surface area contributed by atoms with Gasteiger partial charge in [0.25, 0.3) is 5.78 Å². The van der Waals surface area contributed by atoms with Gasteiger partial charge in [-0.15, -0.1) is 15.3 Å². The molecule has 0 saturated carbocycles. The van der Waals surface area contributed by atoms with E-state index in [2.05, 4.69) is 25.3 Å². The molecular weight excluding hydrogens is 502 g/mol. The number of hydrogen-bond acceptors (Lipinski definition) is 7. The molecule has 5 rings (SSSR count). The third kappa shape index (κ3) is 4.44. The van der Waals surface area contributed by atoms with Crippen molar-refractivity contribution in [1.82, 2.24) is 34.3 Å². The molecule has 0 unspecified atom stereocenters. The first-order chi connectivity index (χ1) is 17.8. The van der Waals surface area contributed by atoms with E-state index in [0.717, 1.165) is 12.1 Å². The number of aromatic nitrogens is 7. The van der Waals surface area contributed by atoms with Gasteiger partial charge in [0.2, 0.25) is 0 Å². The molecule has 38 heavy (non-hydrogen) atoms. The topological polar surface area (TPSA) is 101 Å². The Balaban J connectivity index is 1.61. The molecule has 0 bridgehead atoms. The predicted molar refractivity (Wildman–Crippen MR) is 130 cm³/mol. The molecule has 1 aromatic carbocycles. The van der Waals surface area contributed by atoms with Crippen LogP contribution in [0.15, 0.2) is 30.9 Å². The highest BCUT2D eigenvalue weighted by Gasteiger charge is 2.41. The van der Waals surface area contributed by atoms with Crippen LogP contribution in [0.2, 0.25) is 0 Å². The summed E-state index contributed by atoms with van der Waals surface area (Å²) in [5.41, 5.74) is -2.46. The molecule has 4 heterocycles. The highest BCUT2D eigenvalue weighted by Crippen LogP contribution is 2.43.